The van der Waals surface area contributed by atoms with Crippen molar-refractivity contribution in [3.05, 3.63) is 59.1 Å². The normalized spacial score (nSPS) is 20.4. The Morgan fingerprint density at radius 2 is 1.87 bits per heavy atom. The molecule has 0 bridgehead atoms. The molecule has 31 heavy (non-hydrogen) atoms. The smallest absolute Gasteiger partial charge is 0.254 e. The van der Waals surface area contributed by atoms with E-state index in [1.54, 1.807) is 18.2 Å². The number of hydrogen-bond donors (Lipinski definition) is 0. The molecule has 0 N–H and O–H groups in total. The molecular weight excluding hydrogens is 401 g/mol. The molecule has 2 saturated heterocycles. The summed E-state index contributed by atoms with van der Waals surface area (Å²) in [4.78, 5) is 20.0. The highest BCUT2D eigenvalue weighted by atomic mass is 19.1. The molecule has 1 aromatic heterocycles. The second kappa shape index (κ2) is 8.14. The van der Waals surface area contributed by atoms with Crippen molar-refractivity contribution in [2.24, 2.45) is 0 Å². The maximum absolute atomic E-state index is 13.2. The molecule has 1 atom stereocenters. The van der Waals surface area contributed by atoms with Crippen molar-refractivity contribution in [2.75, 3.05) is 44.2 Å². The SMILES string of the molecule is O=C(c1ccc2c(c1)no[n+]2[O-])N1CCC[C@H](N2CCN(c3ccc(F)cc3)CC2)C1. The van der Waals surface area contributed by atoms with Gasteiger partial charge in [0.15, 0.2) is 0 Å². The first kappa shape index (κ1) is 19.7. The third-order valence-electron chi connectivity index (χ3n) is 6.34. The number of amides is 1. The number of fused-ring (bicyclic) bond motifs is 1. The summed E-state index contributed by atoms with van der Waals surface area (Å²) < 4.78 is 17.8. The van der Waals surface area contributed by atoms with Crippen LogP contribution in [0.2, 0.25) is 0 Å². The molecule has 0 spiro atoms. The monoisotopic (exact) mass is 425 g/mol. The van der Waals surface area contributed by atoms with Crippen molar-refractivity contribution in [3.8, 4) is 0 Å². The minimum Gasteiger partial charge on any atom is -0.369 e. The van der Waals surface area contributed by atoms with Gasteiger partial charge in [-0.25, -0.2) is 4.39 Å². The van der Waals surface area contributed by atoms with E-state index in [1.807, 2.05) is 17.0 Å². The average molecular weight is 425 g/mol. The number of rotatable bonds is 3. The molecule has 2 aliphatic heterocycles. The summed E-state index contributed by atoms with van der Waals surface area (Å²) in [7, 11) is 0. The molecule has 162 valence electrons. The van der Waals surface area contributed by atoms with Crippen LogP contribution in [0.15, 0.2) is 47.1 Å². The van der Waals surface area contributed by atoms with E-state index in [2.05, 4.69) is 19.6 Å². The number of carbonyl (C=O) groups is 1. The Bertz CT molecular complexity index is 1080. The second-order valence-electron chi connectivity index (χ2n) is 8.18. The Morgan fingerprint density at radius 1 is 1.10 bits per heavy atom. The zero-order valence-electron chi connectivity index (χ0n) is 17.1. The van der Waals surface area contributed by atoms with Gasteiger partial charge in [0, 0.05) is 67.8 Å². The number of piperidine rings is 1. The van der Waals surface area contributed by atoms with Crippen molar-refractivity contribution in [1.29, 1.82) is 0 Å². The lowest BCUT2D eigenvalue weighted by Gasteiger charge is -2.44. The number of anilines is 1. The number of aromatic nitrogens is 2. The van der Waals surface area contributed by atoms with E-state index in [4.69, 9.17) is 0 Å². The number of likely N-dealkylation sites (tertiary alicyclic amines) is 1. The van der Waals surface area contributed by atoms with Gasteiger partial charge in [0.1, 0.15) is 5.82 Å². The Hall–Kier alpha value is -3.20. The summed E-state index contributed by atoms with van der Waals surface area (Å²) in [6.07, 6.45) is 2.03. The Kier molecular flexibility index (Phi) is 5.19. The Labute approximate surface area is 179 Å². The van der Waals surface area contributed by atoms with Crippen LogP contribution in [0, 0.1) is 11.0 Å². The quantitative estimate of drug-likeness (QED) is 0.598. The van der Waals surface area contributed by atoms with Gasteiger partial charge in [0.2, 0.25) is 11.0 Å². The Balaban J connectivity index is 1.22. The predicted molar refractivity (Wildman–Crippen MR) is 112 cm³/mol. The van der Waals surface area contributed by atoms with Crippen LogP contribution in [0.25, 0.3) is 11.0 Å². The summed E-state index contributed by atoms with van der Waals surface area (Å²) in [6, 6.07) is 11.8. The molecule has 1 amide bonds. The summed E-state index contributed by atoms with van der Waals surface area (Å²) >= 11 is 0. The molecular formula is C22H24FN5O3. The number of nitrogens with zero attached hydrogens (tertiary/aromatic N) is 5. The van der Waals surface area contributed by atoms with Gasteiger partial charge in [0.25, 0.3) is 5.91 Å². The number of piperazine rings is 1. The van der Waals surface area contributed by atoms with Crippen LogP contribution in [-0.2, 0) is 0 Å². The van der Waals surface area contributed by atoms with Crippen LogP contribution in [0.3, 0.4) is 0 Å². The molecule has 8 nitrogen and oxygen atoms in total. The third-order valence-corrected chi connectivity index (χ3v) is 6.34. The maximum Gasteiger partial charge on any atom is 0.254 e. The zero-order chi connectivity index (χ0) is 21.4. The van der Waals surface area contributed by atoms with Crippen molar-refractivity contribution >= 4 is 22.6 Å². The van der Waals surface area contributed by atoms with E-state index >= 15 is 0 Å². The molecule has 2 aromatic carbocycles. The van der Waals surface area contributed by atoms with Gasteiger partial charge >= 0.3 is 0 Å². The largest absolute Gasteiger partial charge is 0.369 e. The van der Waals surface area contributed by atoms with E-state index in [1.165, 1.54) is 12.1 Å². The van der Waals surface area contributed by atoms with Crippen LogP contribution < -0.4 is 9.80 Å². The topological polar surface area (TPSA) is 79.8 Å². The van der Waals surface area contributed by atoms with Gasteiger partial charge in [-0.3, -0.25) is 14.3 Å². The molecule has 0 unspecified atom stereocenters. The molecule has 2 fully saturated rings. The highest BCUT2D eigenvalue weighted by Gasteiger charge is 2.30. The van der Waals surface area contributed by atoms with Crippen LogP contribution >= 0.6 is 0 Å². The van der Waals surface area contributed by atoms with Crippen molar-refractivity contribution in [3.63, 3.8) is 0 Å². The molecule has 9 heteroatoms. The fraction of sp³-hybridized carbons (Fsp3) is 0.409. The van der Waals surface area contributed by atoms with E-state index < -0.39 is 0 Å². The molecule has 0 radical (unpaired) electrons. The lowest BCUT2D eigenvalue weighted by atomic mass is 10.0. The summed E-state index contributed by atoms with van der Waals surface area (Å²) in [5, 5.41) is 15.2. The summed E-state index contributed by atoms with van der Waals surface area (Å²) in [6.45, 7) is 5.01. The first-order valence-electron chi connectivity index (χ1n) is 10.6. The van der Waals surface area contributed by atoms with E-state index in [0.717, 1.165) is 51.3 Å². The van der Waals surface area contributed by atoms with E-state index in [9.17, 15) is 14.4 Å². The minimum absolute atomic E-state index is 0.0444. The summed E-state index contributed by atoms with van der Waals surface area (Å²) in [5.74, 6) is -0.263. The van der Waals surface area contributed by atoms with Gasteiger partial charge in [-0.1, -0.05) is 0 Å². The van der Waals surface area contributed by atoms with Crippen molar-refractivity contribution < 1.29 is 18.7 Å². The lowest BCUT2D eigenvalue weighted by molar-refractivity contribution is -0.782. The molecule has 2 aliphatic rings. The maximum atomic E-state index is 13.2. The molecule has 0 aliphatic carbocycles. The standard InChI is InChI=1S/C22H24FN5O3/c23-17-4-6-18(7-5-17)25-10-12-26(13-11-25)19-2-1-9-27(15-19)22(29)16-3-8-21-20(14-16)24-31-28(21)30/h3-8,14,19H,1-2,9-13,15H2/t19-/m0/s1. The van der Waals surface area contributed by atoms with Gasteiger partial charge in [-0.15, -0.1) is 0 Å². The molecule has 3 heterocycles. The van der Waals surface area contributed by atoms with Crippen molar-refractivity contribution in [1.82, 2.24) is 15.0 Å². The molecule has 3 aromatic rings. The fourth-order valence-corrected chi connectivity index (χ4v) is 4.63. The Morgan fingerprint density at radius 3 is 2.65 bits per heavy atom. The van der Waals surface area contributed by atoms with E-state index in [-0.39, 0.29) is 11.7 Å². The number of halogens is 1. The zero-order valence-corrected chi connectivity index (χ0v) is 17.1. The van der Waals surface area contributed by atoms with Crippen LogP contribution in [0.1, 0.15) is 23.2 Å². The van der Waals surface area contributed by atoms with Gasteiger partial charge in [-0.2, -0.15) is 0 Å². The van der Waals surface area contributed by atoms with Crippen LogP contribution in [-0.4, -0.2) is 66.2 Å². The number of benzene rings is 2. The second-order valence-corrected chi connectivity index (χ2v) is 8.18. The first-order valence-corrected chi connectivity index (χ1v) is 10.6. The highest BCUT2D eigenvalue weighted by molar-refractivity contribution is 5.97. The minimum atomic E-state index is -0.218. The number of hydrogen-bond acceptors (Lipinski definition) is 6. The third kappa shape index (κ3) is 3.93. The van der Waals surface area contributed by atoms with Crippen LogP contribution in [0.4, 0.5) is 10.1 Å². The van der Waals surface area contributed by atoms with Gasteiger partial charge in [0.05, 0.1) is 0 Å². The van der Waals surface area contributed by atoms with Gasteiger partial charge in [-0.05, 0) is 54.1 Å². The molecule has 0 saturated carbocycles. The summed E-state index contributed by atoms with van der Waals surface area (Å²) in [5.41, 5.74) is 2.26. The molecule has 5 rings (SSSR count). The highest BCUT2D eigenvalue weighted by Crippen LogP contribution is 2.23. The predicted octanol–water partition coefficient (Wildman–Crippen LogP) is 2.03. The van der Waals surface area contributed by atoms with E-state index in [0.29, 0.717) is 34.1 Å². The lowest BCUT2D eigenvalue weighted by Crippen LogP contribution is -2.55. The average Bonchev–Trinajstić information content (AvgIpc) is 3.19. The number of carbonyl (C=O) groups excluding carboxylic acids is 1. The van der Waals surface area contributed by atoms with Gasteiger partial charge < -0.3 is 15.0 Å². The fourth-order valence-electron chi connectivity index (χ4n) is 4.63. The van der Waals surface area contributed by atoms with Crippen molar-refractivity contribution in [2.45, 2.75) is 18.9 Å². The van der Waals surface area contributed by atoms with Crippen LogP contribution in [0.5, 0.6) is 0 Å². The first-order chi connectivity index (χ1) is 15.1.